The molecular formula is C21H31FN2O2. The Hall–Kier alpha value is -1.46. The summed E-state index contributed by atoms with van der Waals surface area (Å²) >= 11 is 0. The molecule has 1 atom stereocenters. The largest absolute Gasteiger partial charge is 0.360 e. The maximum atomic E-state index is 13.8. The maximum absolute atomic E-state index is 13.8. The molecule has 4 nitrogen and oxygen atoms in total. The van der Waals surface area contributed by atoms with Crippen LogP contribution < -0.4 is 0 Å². The lowest BCUT2D eigenvalue weighted by Crippen LogP contribution is -2.63. The zero-order valence-corrected chi connectivity index (χ0v) is 16.2. The van der Waals surface area contributed by atoms with E-state index in [1.807, 2.05) is 24.0 Å². The van der Waals surface area contributed by atoms with Crippen LogP contribution in [0.5, 0.6) is 0 Å². The van der Waals surface area contributed by atoms with Crippen LogP contribution in [0.3, 0.4) is 0 Å². The van der Waals surface area contributed by atoms with E-state index < -0.39 is 0 Å². The topological polar surface area (TPSA) is 32.8 Å². The standard InChI is InChI=1S/C21H31FN2O2/c1-4-19-20(25)24(16(2)3)15-21(26-19)10-13-23(14-11-21)12-9-17-7-5-6-8-18(17)22/h5-8,16,19H,4,9-15H2,1-3H3. The fourth-order valence-electron chi connectivity index (χ4n) is 4.10. The first-order valence-electron chi connectivity index (χ1n) is 9.88. The van der Waals surface area contributed by atoms with E-state index in [9.17, 15) is 9.18 Å². The summed E-state index contributed by atoms with van der Waals surface area (Å²) in [6, 6.07) is 7.22. The van der Waals surface area contributed by atoms with Crippen molar-refractivity contribution in [2.45, 2.75) is 64.2 Å². The molecule has 1 unspecified atom stereocenters. The number of carbonyl (C=O) groups excluding carboxylic acids is 1. The second-order valence-electron chi connectivity index (χ2n) is 7.94. The molecule has 2 saturated heterocycles. The Morgan fingerprint density at radius 2 is 1.96 bits per heavy atom. The third-order valence-electron chi connectivity index (χ3n) is 5.83. The maximum Gasteiger partial charge on any atom is 0.252 e. The van der Waals surface area contributed by atoms with E-state index in [4.69, 9.17) is 4.74 Å². The van der Waals surface area contributed by atoms with E-state index in [0.29, 0.717) is 6.54 Å². The number of halogens is 1. The Morgan fingerprint density at radius 3 is 2.58 bits per heavy atom. The molecule has 1 spiro atoms. The van der Waals surface area contributed by atoms with Crippen LogP contribution >= 0.6 is 0 Å². The van der Waals surface area contributed by atoms with E-state index in [-0.39, 0.29) is 29.5 Å². The van der Waals surface area contributed by atoms with E-state index in [1.165, 1.54) is 6.07 Å². The second kappa shape index (κ2) is 8.05. The predicted molar refractivity (Wildman–Crippen MR) is 101 cm³/mol. The molecule has 1 amide bonds. The Balaban J connectivity index is 1.58. The molecule has 2 aliphatic rings. The van der Waals surface area contributed by atoms with E-state index in [2.05, 4.69) is 18.7 Å². The number of ether oxygens (including phenoxy) is 1. The molecule has 3 rings (SSSR count). The summed E-state index contributed by atoms with van der Waals surface area (Å²) in [6.45, 7) is 9.60. The minimum atomic E-state index is -0.309. The number of carbonyl (C=O) groups is 1. The van der Waals surface area contributed by atoms with Crippen molar-refractivity contribution in [3.05, 3.63) is 35.6 Å². The summed E-state index contributed by atoms with van der Waals surface area (Å²) in [5.74, 6) is 0.0172. The zero-order chi connectivity index (χ0) is 18.7. The summed E-state index contributed by atoms with van der Waals surface area (Å²) in [5, 5.41) is 0. The van der Waals surface area contributed by atoms with E-state index in [0.717, 1.165) is 50.9 Å². The third kappa shape index (κ3) is 4.09. The fraction of sp³-hybridized carbons (Fsp3) is 0.667. The summed E-state index contributed by atoms with van der Waals surface area (Å²) < 4.78 is 20.1. The van der Waals surface area contributed by atoms with Gasteiger partial charge < -0.3 is 14.5 Å². The van der Waals surface area contributed by atoms with Crippen molar-refractivity contribution in [1.29, 1.82) is 0 Å². The summed E-state index contributed by atoms with van der Waals surface area (Å²) in [4.78, 5) is 16.9. The number of benzene rings is 1. The summed E-state index contributed by atoms with van der Waals surface area (Å²) in [6.07, 6.45) is 3.00. The molecule has 1 aromatic carbocycles. The highest BCUT2D eigenvalue weighted by Crippen LogP contribution is 2.34. The highest BCUT2D eigenvalue weighted by Gasteiger charge is 2.46. The van der Waals surface area contributed by atoms with Gasteiger partial charge in [-0.25, -0.2) is 4.39 Å². The number of piperidine rings is 1. The Bertz CT molecular complexity index is 626. The highest BCUT2D eigenvalue weighted by atomic mass is 19.1. The number of morpholine rings is 1. The van der Waals surface area contributed by atoms with Crippen molar-refractivity contribution < 1.29 is 13.9 Å². The molecule has 2 aliphatic heterocycles. The van der Waals surface area contributed by atoms with E-state index in [1.54, 1.807) is 6.07 Å². The molecular weight excluding hydrogens is 331 g/mol. The number of nitrogens with zero attached hydrogens (tertiary/aromatic N) is 2. The van der Waals surface area contributed by atoms with E-state index >= 15 is 0 Å². The van der Waals surface area contributed by atoms with Gasteiger partial charge in [0.25, 0.3) is 5.91 Å². The molecule has 5 heteroatoms. The lowest BCUT2D eigenvalue weighted by Gasteiger charge is -2.50. The average Bonchev–Trinajstić information content (AvgIpc) is 2.64. The first kappa shape index (κ1) is 19.3. The van der Waals surface area contributed by atoms with Crippen LogP contribution in [-0.2, 0) is 16.0 Å². The van der Waals surface area contributed by atoms with Crippen molar-refractivity contribution in [1.82, 2.24) is 9.80 Å². The van der Waals surface area contributed by atoms with Gasteiger partial charge in [-0.3, -0.25) is 4.79 Å². The van der Waals surface area contributed by atoms with Gasteiger partial charge in [0.05, 0.1) is 12.1 Å². The molecule has 0 N–H and O–H groups in total. The molecule has 2 heterocycles. The number of likely N-dealkylation sites (tertiary alicyclic amines) is 1. The predicted octanol–water partition coefficient (Wildman–Crippen LogP) is 3.25. The van der Waals surface area contributed by atoms with Gasteiger partial charge in [0, 0.05) is 25.7 Å². The molecule has 1 aromatic rings. The van der Waals surface area contributed by atoms with Gasteiger partial charge in [-0.05, 0) is 51.2 Å². The van der Waals surface area contributed by atoms with Crippen LogP contribution in [0, 0.1) is 5.82 Å². The fourth-order valence-corrected chi connectivity index (χ4v) is 4.10. The van der Waals surface area contributed by atoms with Gasteiger partial charge in [0.15, 0.2) is 0 Å². The van der Waals surface area contributed by atoms with Crippen molar-refractivity contribution in [2.75, 3.05) is 26.2 Å². The third-order valence-corrected chi connectivity index (χ3v) is 5.83. The van der Waals surface area contributed by atoms with Crippen molar-refractivity contribution in [3.8, 4) is 0 Å². The molecule has 0 saturated carbocycles. The average molecular weight is 362 g/mol. The summed E-state index contributed by atoms with van der Waals surface area (Å²) in [5.41, 5.74) is 0.567. The lowest BCUT2D eigenvalue weighted by molar-refractivity contribution is -0.196. The quantitative estimate of drug-likeness (QED) is 0.806. The van der Waals surface area contributed by atoms with Gasteiger partial charge in [-0.1, -0.05) is 25.1 Å². The molecule has 0 bridgehead atoms. The van der Waals surface area contributed by atoms with Gasteiger partial charge in [-0.15, -0.1) is 0 Å². The van der Waals surface area contributed by atoms with Crippen LogP contribution in [0.15, 0.2) is 24.3 Å². The molecule has 26 heavy (non-hydrogen) atoms. The Kier molecular flexibility index (Phi) is 5.98. The molecule has 2 fully saturated rings. The SMILES string of the molecule is CCC1OC2(CCN(CCc3ccccc3F)CC2)CN(C(C)C)C1=O. The molecule has 144 valence electrons. The number of hydrogen-bond acceptors (Lipinski definition) is 3. The van der Waals surface area contributed by atoms with Crippen LogP contribution in [0.2, 0.25) is 0 Å². The van der Waals surface area contributed by atoms with Crippen LogP contribution in [0.25, 0.3) is 0 Å². The highest BCUT2D eigenvalue weighted by molar-refractivity contribution is 5.82. The van der Waals surface area contributed by atoms with Gasteiger partial charge in [-0.2, -0.15) is 0 Å². The normalized spacial score (nSPS) is 23.8. The lowest BCUT2D eigenvalue weighted by atomic mass is 9.87. The number of rotatable bonds is 5. The van der Waals surface area contributed by atoms with Gasteiger partial charge in [0.1, 0.15) is 11.9 Å². The summed E-state index contributed by atoms with van der Waals surface area (Å²) in [7, 11) is 0. The van der Waals surface area contributed by atoms with Crippen molar-refractivity contribution >= 4 is 5.91 Å². The monoisotopic (exact) mass is 362 g/mol. The van der Waals surface area contributed by atoms with Crippen molar-refractivity contribution in [3.63, 3.8) is 0 Å². The van der Waals surface area contributed by atoms with Gasteiger partial charge >= 0.3 is 0 Å². The number of hydrogen-bond donors (Lipinski definition) is 0. The van der Waals surface area contributed by atoms with Crippen LogP contribution in [0.1, 0.15) is 45.6 Å². The van der Waals surface area contributed by atoms with Crippen LogP contribution in [-0.4, -0.2) is 59.6 Å². The van der Waals surface area contributed by atoms with Crippen LogP contribution in [0.4, 0.5) is 4.39 Å². The molecule has 0 aromatic heterocycles. The molecule has 0 radical (unpaired) electrons. The first-order chi connectivity index (χ1) is 12.4. The zero-order valence-electron chi connectivity index (χ0n) is 16.2. The number of amides is 1. The first-order valence-corrected chi connectivity index (χ1v) is 9.88. The van der Waals surface area contributed by atoms with Crippen molar-refractivity contribution in [2.24, 2.45) is 0 Å². The minimum absolute atomic E-state index is 0.117. The minimum Gasteiger partial charge on any atom is -0.360 e. The smallest absolute Gasteiger partial charge is 0.252 e. The molecule has 0 aliphatic carbocycles. The Morgan fingerprint density at radius 1 is 1.27 bits per heavy atom. The second-order valence-corrected chi connectivity index (χ2v) is 7.94. The Labute approximate surface area is 156 Å². The van der Waals surface area contributed by atoms with Gasteiger partial charge in [0.2, 0.25) is 0 Å².